The van der Waals surface area contributed by atoms with Gasteiger partial charge in [-0.15, -0.1) is 0 Å². The lowest BCUT2D eigenvalue weighted by Crippen LogP contribution is -2.23. The van der Waals surface area contributed by atoms with E-state index in [-0.39, 0.29) is 0 Å². The maximum Gasteiger partial charge on any atom is 0.191 e. The number of nitrogens with one attached hydrogen (secondary N) is 2. The van der Waals surface area contributed by atoms with Crippen LogP contribution in [0.1, 0.15) is 5.56 Å². The van der Waals surface area contributed by atoms with Gasteiger partial charge in [-0.2, -0.15) is 5.10 Å². The fraction of sp³-hybridized carbons (Fsp3) is 0.0667. The Hall–Kier alpha value is -2.11. The molecule has 0 aromatic heterocycles. The van der Waals surface area contributed by atoms with Gasteiger partial charge in [0.1, 0.15) is 5.75 Å². The van der Waals surface area contributed by atoms with E-state index < -0.39 is 0 Å². The second kappa shape index (κ2) is 7.61. The maximum absolute atomic E-state index is 6.02. The monoisotopic (exact) mass is 319 g/mol. The van der Waals surface area contributed by atoms with Gasteiger partial charge in [-0.05, 0) is 30.4 Å². The summed E-state index contributed by atoms with van der Waals surface area (Å²) in [4.78, 5) is 0. The van der Waals surface area contributed by atoms with E-state index in [4.69, 9.17) is 28.6 Å². The number of thiocarbonyl (C=S) groups is 1. The second-order valence-corrected chi connectivity index (χ2v) is 4.89. The Morgan fingerprint density at radius 1 is 1.24 bits per heavy atom. The first-order chi connectivity index (χ1) is 10.2. The van der Waals surface area contributed by atoms with Crippen molar-refractivity contribution >= 4 is 40.8 Å². The largest absolute Gasteiger partial charge is 0.497 e. The van der Waals surface area contributed by atoms with Crippen molar-refractivity contribution < 1.29 is 4.74 Å². The first kappa shape index (κ1) is 15.3. The van der Waals surface area contributed by atoms with Crippen LogP contribution < -0.4 is 15.5 Å². The number of rotatable bonds is 4. The van der Waals surface area contributed by atoms with Crippen molar-refractivity contribution in [1.82, 2.24) is 5.43 Å². The Kier molecular flexibility index (Phi) is 5.54. The highest BCUT2D eigenvalue weighted by Gasteiger charge is 1.98. The molecule has 0 radical (unpaired) electrons. The van der Waals surface area contributed by atoms with E-state index in [2.05, 4.69) is 15.8 Å². The molecule has 21 heavy (non-hydrogen) atoms. The Bertz CT molecular complexity index is 661. The topological polar surface area (TPSA) is 45.6 Å². The quantitative estimate of drug-likeness (QED) is 0.513. The number of ether oxygens (including phenoxy) is 1. The summed E-state index contributed by atoms with van der Waals surface area (Å²) in [5.74, 6) is 0.752. The highest BCUT2D eigenvalue weighted by atomic mass is 35.5. The molecular weight excluding hydrogens is 306 g/mol. The second-order valence-electron chi connectivity index (χ2n) is 4.08. The van der Waals surface area contributed by atoms with Crippen LogP contribution in [0.2, 0.25) is 5.02 Å². The number of anilines is 1. The SMILES string of the molecule is COc1cccc(NC(=S)N/N=C/c2ccccc2Cl)c1. The Balaban J connectivity index is 1.91. The van der Waals surface area contributed by atoms with Gasteiger partial charge < -0.3 is 10.1 Å². The minimum absolute atomic E-state index is 0.381. The average Bonchev–Trinajstić information content (AvgIpc) is 2.49. The van der Waals surface area contributed by atoms with Crippen molar-refractivity contribution in [2.45, 2.75) is 0 Å². The van der Waals surface area contributed by atoms with E-state index in [1.807, 2.05) is 42.5 Å². The van der Waals surface area contributed by atoms with Crippen LogP contribution in [0.5, 0.6) is 5.75 Å². The fourth-order valence-corrected chi connectivity index (χ4v) is 1.96. The van der Waals surface area contributed by atoms with Crippen molar-refractivity contribution in [2.75, 3.05) is 12.4 Å². The number of hydrogen-bond acceptors (Lipinski definition) is 3. The molecule has 2 aromatic rings. The summed E-state index contributed by atoms with van der Waals surface area (Å²) in [6, 6.07) is 14.9. The highest BCUT2D eigenvalue weighted by molar-refractivity contribution is 7.80. The van der Waals surface area contributed by atoms with E-state index in [1.165, 1.54) is 0 Å². The molecule has 2 aromatic carbocycles. The van der Waals surface area contributed by atoms with Gasteiger partial charge in [-0.25, -0.2) is 0 Å². The summed E-state index contributed by atoms with van der Waals surface area (Å²) >= 11 is 11.2. The van der Waals surface area contributed by atoms with Crippen molar-refractivity contribution in [3.63, 3.8) is 0 Å². The van der Waals surface area contributed by atoms with Gasteiger partial charge >= 0.3 is 0 Å². The smallest absolute Gasteiger partial charge is 0.191 e. The zero-order chi connectivity index (χ0) is 15.1. The zero-order valence-corrected chi connectivity index (χ0v) is 12.9. The normalized spacial score (nSPS) is 10.4. The van der Waals surface area contributed by atoms with Crippen molar-refractivity contribution in [2.24, 2.45) is 5.10 Å². The van der Waals surface area contributed by atoms with Crippen LogP contribution in [0, 0.1) is 0 Å². The number of nitrogens with zero attached hydrogens (tertiary/aromatic N) is 1. The van der Waals surface area contributed by atoms with Gasteiger partial charge in [0, 0.05) is 22.3 Å². The van der Waals surface area contributed by atoms with Gasteiger partial charge in [-0.1, -0.05) is 35.9 Å². The molecule has 0 atom stereocenters. The number of benzene rings is 2. The highest BCUT2D eigenvalue weighted by Crippen LogP contribution is 2.16. The minimum atomic E-state index is 0.381. The third-order valence-electron chi connectivity index (χ3n) is 2.60. The summed E-state index contributed by atoms with van der Waals surface area (Å²) < 4.78 is 5.14. The molecule has 108 valence electrons. The van der Waals surface area contributed by atoms with Crippen LogP contribution in [-0.2, 0) is 0 Å². The zero-order valence-electron chi connectivity index (χ0n) is 11.3. The van der Waals surface area contributed by atoms with Crippen LogP contribution >= 0.6 is 23.8 Å². The van der Waals surface area contributed by atoms with Gasteiger partial charge in [0.05, 0.1) is 13.3 Å². The molecule has 0 aliphatic carbocycles. The lowest BCUT2D eigenvalue weighted by molar-refractivity contribution is 0.415. The standard InChI is InChI=1S/C15H14ClN3OS/c1-20-13-7-4-6-12(9-13)18-15(21)19-17-10-11-5-2-3-8-14(11)16/h2-10H,1H3,(H2,18,19,21)/b17-10+. The molecule has 0 unspecified atom stereocenters. The molecule has 0 bridgehead atoms. The van der Waals surface area contributed by atoms with Crippen LogP contribution in [0.4, 0.5) is 5.69 Å². The Labute approximate surface area is 133 Å². The third kappa shape index (κ3) is 4.73. The van der Waals surface area contributed by atoms with E-state index in [1.54, 1.807) is 19.4 Å². The molecule has 0 aliphatic rings. The molecule has 0 spiro atoms. The Morgan fingerprint density at radius 3 is 2.81 bits per heavy atom. The molecule has 0 fully saturated rings. The molecule has 4 nitrogen and oxygen atoms in total. The molecule has 0 aliphatic heterocycles. The van der Waals surface area contributed by atoms with E-state index in [0.717, 1.165) is 17.0 Å². The van der Waals surface area contributed by atoms with Crippen LogP contribution in [0.25, 0.3) is 0 Å². The molecule has 0 heterocycles. The first-order valence-electron chi connectivity index (χ1n) is 6.17. The number of methoxy groups -OCH3 is 1. The van der Waals surface area contributed by atoms with Crippen LogP contribution in [0.15, 0.2) is 53.6 Å². The first-order valence-corrected chi connectivity index (χ1v) is 6.96. The molecule has 0 saturated carbocycles. The van der Waals surface area contributed by atoms with Gasteiger partial charge in [0.15, 0.2) is 5.11 Å². The summed E-state index contributed by atoms with van der Waals surface area (Å²) in [5, 5.41) is 8.07. The third-order valence-corrected chi connectivity index (χ3v) is 3.14. The predicted molar refractivity (Wildman–Crippen MR) is 91.4 cm³/mol. The van der Waals surface area contributed by atoms with E-state index in [9.17, 15) is 0 Å². The Morgan fingerprint density at radius 2 is 2.05 bits per heavy atom. The molecule has 0 saturated heterocycles. The summed E-state index contributed by atoms with van der Waals surface area (Å²) in [6.45, 7) is 0. The molecule has 6 heteroatoms. The van der Waals surface area contributed by atoms with Crippen molar-refractivity contribution in [3.05, 3.63) is 59.1 Å². The maximum atomic E-state index is 6.02. The molecular formula is C15H14ClN3OS. The van der Waals surface area contributed by atoms with Gasteiger partial charge in [0.25, 0.3) is 0 Å². The van der Waals surface area contributed by atoms with Crippen LogP contribution in [0.3, 0.4) is 0 Å². The van der Waals surface area contributed by atoms with Crippen molar-refractivity contribution in [1.29, 1.82) is 0 Å². The molecule has 2 N–H and O–H groups in total. The summed E-state index contributed by atoms with van der Waals surface area (Å²) in [5.41, 5.74) is 4.37. The lowest BCUT2D eigenvalue weighted by Gasteiger charge is -2.08. The fourth-order valence-electron chi connectivity index (χ4n) is 1.60. The van der Waals surface area contributed by atoms with Gasteiger partial charge in [0.2, 0.25) is 0 Å². The lowest BCUT2D eigenvalue weighted by atomic mass is 10.2. The number of hydrazone groups is 1. The molecule has 2 rings (SSSR count). The van der Waals surface area contributed by atoms with E-state index in [0.29, 0.717) is 10.1 Å². The predicted octanol–water partition coefficient (Wildman–Crippen LogP) is 3.67. The molecule has 0 amide bonds. The summed E-state index contributed by atoms with van der Waals surface area (Å²) in [7, 11) is 1.61. The van der Waals surface area contributed by atoms with Crippen molar-refractivity contribution in [3.8, 4) is 5.75 Å². The summed E-state index contributed by atoms with van der Waals surface area (Å²) in [6.07, 6.45) is 1.61. The van der Waals surface area contributed by atoms with Gasteiger partial charge in [-0.3, -0.25) is 5.43 Å². The number of halogens is 1. The van der Waals surface area contributed by atoms with Crippen LogP contribution in [-0.4, -0.2) is 18.4 Å². The number of hydrogen-bond donors (Lipinski definition) is 2. The average molecular weight is 320 g/mol. The minimum Gasteiger partial charge on any atom is -0.497 e. The van der Waals surface area contributed by atoms with E-state index >= 15 is 0 Å².